The number of hydrogen-bond donors (Lipinski definition) is 0. The number of hydrogen-bond acceptors (Lipinski definition) is 3. The van der Waals surface area contributed by atoms with Gasteiger partial charge in [-0.3, -0.25) is 4.79 Å². The summed E-state index contributed by atoms with van der Waals surface area (Å²) >= 11 is 0. The van der Waals surface area contributed by atoms with E-state index in [9.17, 15) is 13.2 Å². The van der Waals surface area contributed by atoms with E-state index in [2.05, 4.69) is 0 Å². The normalized spacial score (nSPS) is 30.9. The van der Waals surface area contributed by atoms with Crippen LogP contribution in [0.1, 0.15) is 45.4 Å². The number of fused-ring (bicyclic) bond motifs is 2. The van der Waals surface area contributed by atoms with Gasteiger partial charge in [-0.05, 0) is 19.3 Å². The molecule has 0 aromatic heterocycles. The SMILES string of the molecule is CCCCS(=O)(=O)N1C2CCC1CC(=O)C2. The molecule has 0 N–H and O–H groups in total. The van der Waals surface area contributed by atoms with Gasteiger partial charge in [0, 0.05) is 24.9 Å². The maximum absolute atomic E-state index is 12.1. The number of Topliss-reactive ketones (excluding diaryl/α,β-unsaturated/α-hetero) is 1. The van der Waals surface area contributed by atoms with Crippen molar-refractivity contribution in [1.82, 2.24) is 4.31 Å². The Bertz CT molecular complexity index is 361. The highest BCUT2D eigenvalue weighted by molar-refractivity contribution is 7.89. The predicted molar refractivity (Wildman–Crippen MR) is 61.6 cm³/mol. The molecule has 2 bridgehead atoms. The monoisotopic (exact) mass is 245 g/mol. The standard InChI is InChI=1S/C11H19NO3S/c1-2-3-6-16(14,15)12-9-4-5-10(12)8-11(13)7-9/h9-10H,2-8H2,1H3. The number of piperidine rings is 1. The first kappa shape index (κ1) is 12.0. The van der Waals surface area contributed by atoms with Crippen LogP contribution >= 0.6 is 0 Å². The van der Waals surface area contributed by atoms with Crippen LogP contribution in [0, 0.1) is 0 Å². The maximum atomic E-state index is 12.1. The number of ketones is 1. The summed E-state index contributed by atoms with van der Waals surface area (Å²) in [5.41, 5.74) is 0. The molecule has 5 heteroatoms. The summed E-state index contributed by atoms with van der Waals surface area (Å²) in [6.45, 7) is 1.99. The lowest BCUT2D eigenvalue weighted by Crippen LogP contribution is -2.47. The Morgan fingerprint density at radius 1 is 1.25 bits per heavy atom. The summed E-state index contributed by atoms with van der Waals surface area (Å²) in [6, 6.07) is -0.0683. The average Bonchev–Trinajstić information content (AvgIpc) is 2.50. The van der Waals surface area contributed by atoms with Gasteiger partial charge in [0.2, 0.25) is 10.0 Å². The second-order valence-electron chi connectivity index (χ2n) is 4.83. The third-order valence-corrected chi connectivity index (χ3v) is 5.60. The van der Waals surface area contributed by atoms with E-state index < -0.39 is 10.0 Å². The molecule has 2 heterocycles. The molecule has 2 aliphatic heterocycles. The average molecular weight is 245 g/mol. The molecule has 0 spiro atoms. The number of carbonyl (C=O) groups is 1. The fraction of sp³-hybridized carbons (Fsp3) is 0.909. The largest absolute Gasteiger partial charge is 0.300 e. The molecule has 2 aliphatic rings. The molecule has 0 saturated carbocycles. The van der Waals surface area contributed by atoms with Crippen LogP contribution in [-0.2, 0) is 14.8 Å². The number of nitrogens with zero attached hydrogens (tertiary/aromatic N) is 1. The lowest BCUT2D eigenvalue weighted by atomic mass is 10.0. The minimum Gasteiger partial charge on any atom is -0.300 e. The molecular formula is C11H19NO3S. The first-order chi connectivity index (χ1) is 7.54. The Balaban J connectivity index is 2.13. The van der Waals surface area contributed by atoms with Crippen molar-refractivity contribution in [3.8, 4) is 0 Å². The predicted octanol–water partition coefficient (Wildman–Crippen LogP) is 1.31. The van der Waals surface area contributed by atoms with Crippen molar-refractivity contribution < 1.29 is 13.2 Å². The Labute approximate surface area is 97.1 Å². The van der Waals surface area contributed by atoms with Gasteiger partial charge in [0.25, 0.3) is 0 Å². The molecule has 2 atom stereocenters. The fourth-order valence-corrected chi connectivity index (χ4v) is 4.95. The van der Waals surface area contributed by atoms with Crippen molar-refractivity contribution in [1.29, 1.82) is 0 Å². The summed E-state index contributed by atoms with van der Waals surface area (Å²) in [5.74, 6) is 0.472. The molecule has 0 aromatic carbocycles. The zero-order chi connectivity index (χ0) is 11.8. The maximum Gasteiger partial charge on any atom is 0.214 e. The van der Waals surface area contributed by atoms with Crippen molar-refractivity contribution in [3.05, 3.63) is 0 Å². The molecule has 0 aliphatic carbocycles. The minimum absolute atomic E-state index is 0.0342. The van der Waals surface area contributed by atoms with E-state index in [-0.39, 0.29) is 23.6 Å². The number of sulfonamides is 1. The van der Waals surface area contributed by atoms with E-state index in [4.69, 9.17) is 0 Å². The Hall–Kier alpha value is -0.420. The summed E-state index contributed by atoms with van der Waals surface area (Å²) in [5, 5.41) is 0. The molecule has 0 amide bonds. The van der Waals surface area contributed by atoms with Crippen LogP contribution in [0.2, 0.25) is 0 Å². The van der Waals surface area contributed by atoms with Crippen molar-refractivity contribution >= 4 is 15.8 Å². The topological polar surface area (TPSA) is 54.5 Å². The van der Waals surface area contributed by atoms with E-state index in [0.717, 1.165) is 19.3 Å². The number of carbonyl (C=O) groups excluding carboxylic acids is 1. The smallest absolute Gasteiger partial charge is 0.214 e. The molecular weight excluding hydrogens is 226 g/mol. The van der Waals surface area contributed by atoms with Gasteiger partial charge in [-0.2, -0.15) is 4.31 Å². The van der Waals surface area contributed by atoms with Crippen LogP contribution in [0.15, 0.2) is 0 Å². The van der Waals surface area contributed by atoms with E-state index in [1.165, 1.54) is 0 Å². The second kappa shape index (κ2) is 4.45. The highest BCUT2D eigenvalue weighted by Gasteiger charge is 2.45. The van der Waals surface area contributed by atoms with Crippen LogP contribution in [0.25, 0.3) is 0 Å². The molecule has 4 nitrogen and oxygen atoms in total. The first-order valence-electron chi connectivity index (χ1n) is 6.07. The van der Waals surface area contributed by atoms with Gasteiger partial charge in [0.15, 0.2) is 0 Å². The van der Waals surface area contributed by atoms with Crippen LogP contribution in [-0.4, -0.2) is 36.3 Å². The Morgan fingerprint density at radius 3 is 2.31 bits per heavy atom. The third kappa shape index (κ3) is 2.15. The molecule has 16 heavy (non-hydrogen) atoms. The van der Waals surface area contributed by atoms with E-state index >= 15 is 0 Å². The lowest BCUT2D eigenvalue weighted by Gasteiger charge is -2.32. The zero-order valence-electron chi connectivity index (χ0n) is 9.68. The molecule has 0 radical (unpaired) electrons. The second-order valence-corrected chi connectivity index (χ2v) is 6.83. The van der Waals surface area contributed by atoms with Gasteiger partial charge in [-0.15, -0.1) is 0 Å². The highest BCUT2D eigenvalue weighted by atomic mass is 32.2. The van der Waals surface area contributed by atoms with Gasteiger partial charge in [-0.25, -0.2) is 8.42 Å². The van der Waals surface area contributed by atoms with Crippen molar-refractivity contribution in [3.63, 3.8) is 0 Å². The molecule has 92 valence electrons. The third-order valence-electron chi connectivity index (χ3n) is 3.56. The molecule has 0 aromatic rings. The van der Waals surface area contributed by atoms with Gasteiger partial charge >= 0.3 is 0 Å². The van der Waals surface area contributed by atoms with E-state index in [0.29, 0.717) is 19.3 Å². The number of unbranched alkanes of at least 4 members (excludes halogenated alkanes) is 1. The summed E-state index contributed by atoms with van der Waals surface area (Å²) < 4.78 is 25.9. The zero-order valence-corrected chi connectivity index (χ0v) is 10.5. The van der Waals surface area contributed by atoms with E-state index in [1.54, 1.807) is 4.31 Å². The first-order valence-corrected chi connectivity index (χ1v) is 7.68. The van der Waals surface area contributed by atoms with Gasteiger partial charge in [0.1, 0.15) is 5.78 Å². The lowest BCUT2D eigenvalue weighted by molar-refractivity contribution is -0.122. The van der Waals surface area contributed by atoms with Crippen molar-refractivity contribution in [2.75, 3.05) is 5.75 Å². The van der Waals surface area contributed by atoms with Crippen LogP contribution in [0.5, 0.6) is 0 Å². The van der Waals surface area contributed by atoms with Crippen LogP contribution in [0.4, 0.5) is 0 Å². The van der Waals surface area contributed by atoms with Crippen molar-refractivity contribution in [2.45, 2.75) is 57.5 Å². The fourth-order valence-electron chi connectivity index (χ4n) is 2.82. The Kier molecular flexibility index (Phi) is 3.35. The quantitative estimate of drug-likeness (QED) is 0.750. The van der Waals surface area contributed by atoms with E-state index in [1.807, 2.05) is 6.92 Å². The van der Waals surface area contributed by atoms with Gasteiger partial charge < -0.3 is 0 Å². The van der Waals surface area contributed by atoms with Crippen LogP contribution < -0.4 is 0 Å². The Morgan fingerprint density at radius 2 is 1.81 bits per heavy atom. The minimum atomic E-state index is -3.12. The summed E-state index contributed by atoms with van der Waals surface area (Å²) in [6.07, 6.45) is 4.20. The van der Waals surface area contributed by atoms with Gasteiger partial charge in [-0.1, -0.05) is 13.3 Å². The highest BCUT2D eigenvalue weighted by Crippen LogP contribution is 2.36. The summed E-state index contributed by atoms with van der Waals surface area (Å²) in [4.78, 5) is 11.4. The van der Waals surface area contributed by atoms with Crippen LogP contribution in [0.3, 0.4) is 0 Å². The van der Waals surface area contributed by atoms with Gasteiger partial charge in [0.05, 0.1) is 5.75 Å². The number of rotatable bonds is 4. The molecule has 2 fully saturated rings. The summed E-state index contributed by atoms with van der Waals surface area (Å²) in [7, 11) is -3.12. The van der Waals surface area contributed by atoms with Crippen molar-refractivity contribution in [2.24, 2.45) is 0 Å². The molecule has 2 saturated heterocycles. The molecule has 2 unspecified atom stereocenters. The molecule has 2 rings (SSSR count).